The molecule has 1 aromatic heterocycles. The quantitative estimate of drug-likeness (QED) is 0.553. The Morgan fingerprint density at radius 3 is 2.39 bits per heavy atom. The van der Waals surface area contributed by atoms with Crippen LogP contribution < -0.4 is 16.3 Å². The Kier molecular flexibility index (Phi) is 6.91. The van der Waals surface area contributed by atoms with Crippen molar-refractivity contribution in [2.24, 2.45) is 5.92 Å². The number of aromatic nitrogens is 2. The number of aryl methyl sites for hydroxylation is 2. The number of halogens is 1. The number of nitrogens with zero attached hydrogens (tertiary/aromatic N) is 2. The number of amides is 2. The molecule has 2 aromatic carbocycles. The Bertz CT molecular complexity index is 1220. The van der Waals surface area contributed by atoms with Gasteiger partial charge >= 0.3 is 5.69 Å². The Morgan fingerprint density at radius 2 is 1.70 bits per heavy atom. The minimum absolute atomic E-state index is 0.0607. The van der Waals surface area contributed by atoms with Crippen LogP contribution in [0.1, 0.15) is 45.4 Å². The molecule has 2 N–H and O–H groups in total. The Morgan fingerprint density at radius 1 is 1.00 bits per heavy atom. The maximum absolute atomic E-state index is 14.3. The van der Waals surface area contributed by atoms with E-state index in [1.54, 1.807) is 9.13 Å². The predicted molar refractivity (Wildman–Crippen MR) is 127 cm³/mol. The van der Waals surface area contributed by atoms with Crippen LogP contribution in [0.2, 0.25) is 0 Å². The van der Waals surface area contributed by atoms with Crippen LogP contribution in [-0.2, 0) is 22.7 Å². The van der Waals surface area contributed by atoms with E-state index >= 15 is 0 Å². The maximum Gasteiger partial charge on any atom is 0.329 e. The maximum atomic E-state index is 14.3. The molecular weight excluding hydrogens is 423 g/mol. The molecule has 0 saturated heterocycles. The van der Waals surface area contributed by atoms with Crippen molar-refractivity contribution < 1.29 is 14.0 Å². The van der Waals surface area contributed by atoms with Crippen molar-refractivity contribution in [3.63, 3.8) is 0 Å². The minimum Gasteiger partial charge on any atom is -0.326 e. The van der Waals surface area contributed by atoms with E-state index in [2.05, 4.69) is 10.6 Å². The fourth-order valence-electron chi connectivity index (χ4n) is 4.53. The number of carbonyl (C=O) groups excluding carboxylic acids is 2. The van der Waals surface area contributed by atoms with Crippen molar-refractivity contribution in [3.05, 3.63) is 58.8 Å². The third-order valence-electron chi connectivity index (χ3n) is 6.29. The second-order valence-corrected chi connectivity index (χ2v) is 8.48. The molecule has 0 bridgehead atoms. The van der Waals surface area contributed by atoms with Crippen molar-refractivity contribution in [1.82, 2.24) is 9.13 Å². The summed E-state index contributed by atoms with van der Waals surface area (Å²) in [4.78, 5) is 37.8. The highest BCUT2D eigenvalue weighted by molar-refractivity contribution is 5.95. The van der Waals surface area contributed by atoms with Gasteiger partial charge in [-0.25, -0.2) is 9.18 Å². The van der Waals surface area contributed by atoms with Gasteiger partial charge in [-0.05, 0) is 50.1 Å². The first-order valence-corrected chi connectivity index (χ1v) is 11.6. The van der Waals surface area contributed by atoms with Crippen LogP contribution in [0, 0.1) is 11.7 Å². The molecule has 1 saturated carbocycles. The molecule has 1 fully saturated rings. The fourth-order valence-corrected chi connectivity index (χ4v) is 4.53. The zero-order valence-electron chi connectivity index (χ0n) is 18.8. The van der Waals surface area contributed by atoms with E-state index < -0.39 is 5.82 Å². The summed E-state index contributed by atoms with van der Waals surface area (Å²) in [5, 5.41) is 5.42. The highest BCUT2D eigenvalue weighted by atomic mass is 19.1. The summed E-state index contributed by atoms with van der Waals surface area (Å²) < 4.78 is 17.5. The number of para-hydroxylation sites is 2. The zero-order chi connectivity index (χ0) is 23.4. The monoisotopic (exact) mass is 452 g/mol. The first-order chi connectivity index (χ1) is 16.0. The van der Waals surface area contributed by atoms with E-state index in [0.29, 0.717) is 12.2 Å². The minimum atomic E-state index is -0.545. The number of anilines is 2. The van der Waals surface area contributed by atoms with E-state index in [9.17, 15) is 18.8 Å². The summed E-state index contributed by atoms with van der Waals surface area (Å²) in [6.07, 6.45) is 4.87. The van der Waals surface area contributed by atoms with E-state index in [-0.39, 0.29) is 42.1 Å². The predicted octanol–water partition coefficient (Wildman–Crippen LogP) is 4.51. The van der Waals surface area contributed by atoms with Gasteiger partial charge in [-0.2, -0.15) is 0 Å². The molecule has 174 valence electrons. The number of nitrogens with one attached hydrogen (secondary N) is 2. The lowest BCUT2D eigenvalue weighted by molar-refractivity contribution is -0.120. The molecule has 7 nitrogen and oxygen atoms in total. The summed E-state index contributed by atoms with van der Waals surface area (Å²) in [6, 6.07) is 11.6. The SMILES string of the molecule is CCn1c(=O)n(CCC(=O)Nc2ccc(F)c(NC(=O)C3CCCCC3)c2)c2ccccc21. The summed E-state index contributed by atoms with van der Waals surface area (Å²) in [5.41, 5.74) is 1.92. The van der Waals surface area contributed by atoms with Gasteiger partial charge in [0.25, 0.3) is 0 Å². The van der Waals surface area contributed by atoms with Crippen molar-refractivity contribution in [2.75, 3.05) is 10.6 Å². The third kappa shape index (κ3) is 4.99. The zero-order valence-corrected chi connectivity index (χ0v) is 18.8. The van der Waals surface area contributed by atoms with Gasteiger partial charge in [0.1, 0.15) is 5.82 Å². The Balaban J connectivity index is 1.42. The first kappa shape index (κ1) is 22.8. The number of fused-ring (bicyclic) bond motifs is 1. The van der Waals surface area contributed by atoms with Gasteiger partial charge in [-0.15, -0.1) is 0 Å². The smallest absolute Gasteiger partial charge is 0.326 e. The van der Waals surface area contributed by atoms with Gasteiger partial charge in [-0.3, -0.25) is 18.7 Å². The average Bonchev–Trinajstić information content (AvgIpc) is 3.10. The van der Waals surface area contributed by atoms with Crippen LogP contribution in [0.5, 0.6) is 0 Å². The van der Waals surface area contributed by atoms with E-state index in [4.69, 9.17) is 0 Å². The largest absolute Gasteiger partial charge is 0.329 e. The van der Waals surface area contributed by atoms with E-state index in [0.717, 1.165) is 43.1 Å². The molecule has 0 aliphatic heterocycles. The molecule has 2 amide bonds. The fraction of sp³-hybridized carbons (Fsp3) is 0.400. The van der Waals surface area contributed by atoms with Crippen LogP contribution in [0.25, 0.3) is 11.0 Å². The average molecular weight is 453 g/mol. The Hall–Kier alpha value is -3.42. The second-order valence-electron chi connectivity index (χ2n) is 8.48. The summed E-state index contributed by atoms with van der Waals surface area (Å²) in [6.45, 7) is 2.68. The van der Waals surface area contributed by atoms with Gasteiger partial charge in [0.05, 0.1) is 16.7 Å². The van der Waals surface area contributed by atoms with Gasteiger partial charge in [0, 0.05) is 31.1 Å². The highest BCUT2D eigenvalue weighted by Crippen LogP contribution is 2.26. The number of hydrogen-bond donors (Lipinski definition) is 2. The van der Waals surface area contributed by atoms with E-state index in [1.165, 1.54) is 18.2 Å². The van der Waals surface area contributed by atoms with Crippen LogP contribution >= 0.6 is 0 Å². The van der Waals surface area contributed by atoms with Crippen LogP contribution in [0.3, 0.4) is 0 Å². The topological polar surface area (TPSA) is 85.1 Å². The van der Waals surface area contributed by atoms with Gasteiger partial charge in [-0.1, -0.05) is 31.4 Å². The van der Waals surface area contributed by atoms with Crippen LogP contribution in [0.15, 0.2) is 47.3 Å². The van der Waals surface area contributed by atoms with Gasteiger partial charge in [0.2, 0.25) is 11.8 Å². The summed E-state index contributed by atoms with van der Waals surface area (Å²) in [7, 11) is 0. The van der Waals surface area contributed by atoms with E-state index in [1.807, 2.05) is 31.2 Å². The molecule has 0 spiro atoms. The summed E-state index contributed by atoms with van der Waals surface area (Å²) >= 11 is 0. The first-order valence-electron chi connectivity index (χ1n) is 11.6. The lowest BCUT2D eigenvalue weighted by Crippen LogP contribution is -2.26. The molecule has 1 aliphatic carbocycles. The number of hydrogen-bond acceptors (Lipinski definition) is 3. The van der Waals surface area contributed by atoms with Gasteiger partial charge < -0.3 is 10.6 Å². The summed E-state index contributed by atoms with van der Waals surface area (Å²) in [5.74, 6) is -1.12. The Labute approximate surface area is 191 Å². The molecule has 3 aromatic rings. The molecule has 1 aliphatic rings. The van der Waals surface area contributed by atoms with Gasteiger partial charge in [0.15, 0.2) is 0 Å². The second kappa shape index (κ2) is 10.0. The lowest BCUT2D eigenvalue weighted by atomic mass is 9.88. The molecule has 0 atom stereocenters. The standard InChI is InChI=1S/C25H29FN4O3/c1-2-29-21-10-6-7-11-22(21)30(25(29)33)15-14-23(31)27-18-12-13-19(26)20(16-18)28-24(32)17-8-4-3-5-9-17/h6-7,10-13,16-17H,2-5,8-9,14-15H2,1H3,(H,27,31)(H,28,32). The van der Waals surface area contributed by atoms with Crippen molar-refractivity contribution in [3.8, 4) is 0 Å². The lowest BCUT2D eigenvalue weighted by Gasteiger charge is -2.21. The van der Waals surface area contributed by atoms with Crippen molar-refractivity contribution >= 4 is 34.2 Å². The molecule has 8 heteroatoms. The van der Waals surface area contributed by atoms with Crippen molar-refractivity contribution in [1.29, 1.82) is 0 Å². The normalized spacial score (nSPS) is 14.4. The number of carbonyl (C=O) groups is 2. The molecular formula is C25H29FN4O3. The van der Waals surface area contributed by atoms with Crippen LogP contribution in [-0.4, -0.2) is 20.9 Å². The number of imidazole rings is 1. The third-order valence-corrected chi connectivity index (χ3v) is 6.29. The molecule has 4 rings (SSSR count). The molecule has 33 heavy (non-hydrogen) atoms. The molecule has 0 radical (unpaired) electrons. The molecule has 1 heterocycles. The highest BCUT2D eigenvalue weighted by Gasteiger charge is 2.22. The number of benzene rings is 2. The van der Waals surface area contributed by atoms with Crippen LogP contribution in [0.4, 0.5) is 15.8 Å². The molecule has 0 unspecified atom stereocenters. The van der Waals surface area contributed by atoms with Crippen molar-refractivity contribution in [2.45, 2.75) is 58.5 Å². The number of rotatable bonds is 7.